The fraction of sp³-hybridized carbons (Fsp3) is 0.333. The molecule has 102 valence electrons. The van der Waals surface area contributed by atoms with Crippen LogP contribution in [0.5, 0.6) is 0 Å². The lowest BCUT2D eigenvalue weighted by Gasteiger charge is -2.17. The summed E-state index contributed by atoms with van der Waals surface area (Å²) in [6.07, 6.45) is 1.93. The third-order valence-electron chi connectivity index (χ3n) is 2.60. The molecule has 0 amide bonds. The first kappa shape index (κ1) is 13.7. The molecule has 0 aromatic carbocycles. The normalized spacial score (nSPS) is 10.5. The molecule has 0 atom stereocenters. The van der Waals surface area contributed by atoms with Gasteiger partial charge in [0.25, 0.3) is 0 Å². The van der Waals surface area contributed by atoms with Crippen LogP contribution in [0.15, 0.2) is 27.8 Å². The molecule has 0 fully saturated rings. The van der Waals surface area contributed by atoms with Crippen molar-refractivity contribution in [2.24, 2.45) is 5.84 Å². The quantitative estimate of drug-likeness (QED) is 0.375. The van der Waals surface area contributed by atoms with Gasteiger partial charge in [-0.1, -0.05) is 11.8 Å². The highest BCUT2D eigenvalue weighted by molar-refractivity contribution is 7.98. The second-order valence-electron chi connectivity index (χ2n) is 4.11. The number of thioether (sulfide) groups is 1. The Morgan fingerprint density at radius 1 is 1.42 bits per heavy atom. The van der Waals surface area contributed by atoms with Gasteiger partial charge in [-0.25, -0.2) is 15.8 Å². The lowest BCUT2D eigenvalue weighted by atomic mass is 10.4. The zero-order valence-corrected chi connectivity index (χ0v) is 12.0. The number of rotatable bonds is 5. The highest BCUT2D eigenvalue weighted by Crippen LogP contribution is 2.20. The summed E-state index contributed by atoms with van der Waals surface area (Å²) in [5.41, 5.74) is 2.55. The van der Waals surface area contributed by atoms with Crippen molar-refractivity contribution in [3.05, 3.63) is 29.7 Å². The van der Waals surface area contributed by atoms with E-state index in [9.17, 15) is 0 Å². The zero-order valence-electron chi connectivity index (χ0n) is 11.2. The van der Waals surface area contributed by atoms with Crippen molar-refractivity contribution >= 4 is 23.4 Å². The first-order valence-electron chi connectivity index (χ1n) is 5.78. The summed E-state index contributed by atoms with van der Waals surface area (Å²) < 4.78 is 5.56. The number of nitrogens with two attached hydrogens (primary N) is 1. The standard InChI is InChI=1S/C12H17N5OS/c1-8-4-5-9(18-8)7-17(2)11-6-10(16-13)14-12(15-11)19-3/h4-6H,7,13H2,1-3H3,(H,14,15,16). The van der Waals surface area contributed by atoms with Crippen LogP contribution < -0.4 is 16.2 Å². The van der Waals surface area contributed by atoms with Crippen molar-refractivity contribution in [3.8, 4) is 0 Å². The summed E-state index contributed by atoms with van der Waals surface area (Å²) in [5.74, 6) is 8.60. The average molecular weight is 279 g/mol. The van der Waals surface area contributed by atoms with Gasteiger partial charge < -0.3 is 14.7 Å². The Bertz CT molecular complexity index is 535. The molecule has 0 saturated carbocycles. The molecule has 0 aliphatic carbocycles. The first-order valence-corrected chi connectivity index (χ1v) is 7.01. The van der Waals surface area contributed by atoms with Crippen molar-refractivity contribution in [3.63, 3.8) is 0 Å². The molecule has 0 unspecified atom stereocenters. The lowest BCUT2D eigenvalue weighted by Crippen LogP contribution is -2.19. The molecule has 0 saturated heterocycles. The molecule has 19 heavy (non-hydrogen) atoms. The molecule has 2 aromatic rings. The Morgan fingerprint density at radius 3 is 2.79 bits per heavy atom. The van der Waals surface area contributed by atoms with E-state index in [-0.39, 0.29) is 0 Å². The molecule has 0 radical (unpaired) electrons. The van der Waals surface area contributed by atoms with Gasteiger partial charge >= 0.3 is 0 Å². The molecular weight excluding hydrogens is 262 g/mol. The maximum absolute atomic E-state index is 5.56. The van der Waals surface area contributed by atoms with E-state index < -0.39 is 0 Å². The van der Waals surface area contributed by atoms with Crippen molar-refractivity contribution in [1.29, 1.82) is 0 Å². The van der Waals surface area contributed by atoms with Gasteiger partial charge in [-0.3, -0.25) is 0 Å². The Morgan fingerprint density at radius 2 is 2.21 bits per heavy atom. The van der Waals surface area contributed by atoms with Crippen molar-refractivity contribution in [1.82, 2.24) is 9.97 Å². The molecule has 0 aliphatic heterocycles. The highest BCUT2D eigenvalue weighted by atomic mass is 32.2. The van der Waals surface area contributed by atoms with E-state index in [4.69, 9.17) is 10.3 Å². The van der Waals surface area contributed by atoms with E-state index in [2.05, 4.69) is 15.4 Å². The van der Waals surface area contributed by atoms with Gasteiger partial charge in [0.15, 0.2) is 5.16 Å². The number of nitrogens with zero attached hydrogens (tertiary/aromatic N) is 3. The van der Waals surface area contributed by atoms with Gasteiger partial charge in [-0.2, -0.15) is 0 Å². The number of aryl methyl sites for hydroxylation is 1. The molecule has 2 aromatic heterocycles. The van der Waals surface area contributed by atoms with Gasteiger partial charge in [-0.15, -0.1) is 0 Å². The summed E-state index contributed by atoms with van der Waals surface area (Å²) in [4.78, 5) is 10.7. The first-order chi connectivity index (χ1) is 9.12. The van der Waals surface area contributed by atoms with E-state index in [1.165, 1.54) is 11.8 Å². The minimum atomic E-state index is 0.594. The summed E-state index contributed by atoms with van der Waals surface area (Å²) in [7, 11) is 1.95. The number of anilines is 2. The second-order valence-corrected chi connectivity index (χ2v) is 4.88. The SMILES string of the molecule is CSc1nc(NN)cc(N(C)Cc2ccc(C)o2)n1. The maximum Gasteiger partial charge on any atom is 0.191 e. The molecule has 0 bridgehead atoms. The highest BCUT2D eigenvalue weighted by Gasteiger charge is 2.10. The van der Waals surface area contributed by atoms with Gasteiger partial charge in [0.2, 0.25) is 0 Å². The largest absolute Gasteiger partial charge is 0.464 e. The van der Waals surface area contributed by atoms with Crippen LogP contribution in [0.4, 0.5) is 11.6 Å². The molecule has 0 spiro atoms. The third kappa shape index (κ3) is 3.39. The van der Waals surface area contributed by atoms with E-state index in [0.717, 1.165) is 17.3 Å². The second kappa shape index (κ2) is 5.94. The van der Waals surface area contributed by atoms with Gasteiger partial charge in [0.1, 0.15) is 23.2 Å². The number of hydrogen-bond donors (Lipinski definition) is 2. The monoisotopic (exact) mass is 279 g/mol. The van der Waals surface area contributed by atoms with Crippen LogP contribution in [0.1, 0.15) is 11.5 Å². The summed E-state index contributed by atoms with van der Waals surface area (Å²) in [6, 6.07) is 5.71. The van der Waals surface area contributed by atoms with E-state index in [0.29, 0.717) is 17.5 Å². The molecular formula is C12H17N5OS. The predicted molar refractivity (Wildman–Crippen MR) is 77.2 cm³/mol. The van der Waals surface area contributed by atoms with E-state index >= 15 is 0 Å². The van der Waals surface area contributed by atoms with Crippen LogP contribution >= 0.6 is 11.8 Å². The Kier molecular flexibility index (Phi) is 4.28. The number of nitrogen functional groups attached to an aromatic ring is 1. The molecule has 7 heteroatoms. The number of nitrogens with one attached hydrogen (secondary N) is 1. The van der Waals surface area contributed by atoms with Crippen LogP contribution in [0.3, 0.4) is 0 Å². The number of hydrazine groups is 1. The van der Waals surface area contributed by atoms with Gasteiger partial charge in [0, 0.05) is 13.1 Å². The van der Waals surface area contributed by atoms with Crippen LogP contribution in [0.25, 0.3) is 0 Å². The Balaban J connectivity index is 2.20. The van der Waals surface area contributed by atoms with Crippen LogP contribution in [0, 0.1) is 6.92 Å². The Hall–Kier alpha value is -1.73. The average Bonchev–Trinajstić information content (AvgIpc) is 2.83. The molecule has 2 rings (SSSR count). The zero-order chi connectivity index (χ0) is 13.8. The molecule has 6 nitrogen and oxygen atoms in total. The number of aromatic nitrogens is 2. The summed E-state index contributed by atoms with van der Waals surface area (Å²) >= 11 is 1.47. The van der Waals surface area contributed by atoms with Crippen LogP contribution in [-0.4, -0.2) is 23.3 Å². The summed E-state index contributed by atoms with van der Waals surface area (Å²) in [6.45, 7) is 2.57. The van der Waals surface area contributed by atoms with Crippen molar-refractivity contribution in [2.75, 3.05) is 23.6 Å². The van der Waals surface area contributed by atoms with E-state index in [1.807, 2.05) is 37.3 Å². The summed E-state index contributed by atoms with van der Waals surface area (Å²) in [5, 5.41) is 0.674. The molecule has 2 heterocycles. The predicted octanol–water partition coefficient (Wildman–Crippen LogP) is 2.02. The minimum absolute atomic E-state index is 0.594. The molecule has 0 aliphatic rings. The number of hydrogen-bond acceptors (Lipinski definition) is 7. The molecule has 3 N–H and O–H groups in total. The number of furan rings is 1. The third-order valence-corrected chi connectivity index (χ3v) is 3.15. The fourth-order valence-corrected chi connectivity index (χ4v) is 2.03. The van der Waals surface area contributed by atoms with Crippen molar-refractivity contribution < 1.29 is 4.42 Å². The van der Waals surface area contributed by atoms with Gasteiger partial charge in [0.05, 0.1) is 6.54 Å². The van der Waals surface area contributed by atoms with Gasteiger partial charge in [-0.05, 0) is 25.3 Å². The lowest BCUT2D eigenvalue weighted by molar-refractivity contribution is 0.481. The van der Waals surface area contributed by atoms with Crippen LogP contribution in [-0.2, 0) is 6.54 Å². The van der Waals surface area contributed by atoms with Crippen LogP contribution in [0.2, 0.25) is 0 Å². The smallest absolute Gasteiger partial charge is 0.191 e. The maximum atomic E-state index is 5.56. The topological polar surface area (TPSA) is 80.2 Å². The Labute approximate surface area is 116 Å². The van der Waals surface area contributed by atoms with E-state index in [1.54, 1.807) is 6.07 Å². The fourth-order valence-electron chi connectivity index (χ4n) is 1.66. The van der Waals surface area contributed by atoms with Crippen molar-refractivity contribution in [2.45, 2.75) is 18.6 Å². The minimum Gasteiger partial charge on any atom is -0.464 e.